The predicted molar refractivity (Wildman–Crippen MR) is 70.8 cm³/mol. The van der Waals surface area contributed by atoms with Gasteiger partial charge in [0.25, 0.3) is 5.69 Å². The zero-order valence-corrected chi connectivity index (χ0v) is 11.1. The lowest BCUT2D eigenvalue weighted by Crippen LogP contribution is -2.53. The number of carbonyl (C=O) groups is 2. The van der Waals surface area contributed by atoms with E-state index in [0.717, 1.165) is 0 Å². The van der Waals surface area contributed by atoms with Gasteiger partial charge in [-0.25, -0.2) is 4.79 Å². The minimum atomic E-state index is -1.15. The van der Waals surface area contributed by atoms with Crippen LogP contribution in [0.1, 0.15) is 5.56 Å². The van der Waals surface area contributed by atoms with Crippen molar-refractivity contribution in [1.29, 1.82) is 0 Å². The lowest BCUT2D eigenvalue weighted by molar-refractivity contribution is -0.385. The van der Waals surface area contributed by atoms with E-state index in [0.29, 0.717) is 0 Å². The van der Waals surface area contributed by atoms with Gasteiger partial charge in [0.05, 0.1) is 24.6 Å². The number of carboxylic acid groups (broad SMARTS) is 1. The fourth-order valence-electron chi connectivity index (χ4n) is 2.21. The van der Waals surface area contributed by atoms with Crippen LogP contribution in [0.3, 0.4) is 0 Å². The molecular formula is C13H14N2O6. The van der Waals surface area contributed by atoms with Crippen molar-refractivity contribution in [2.45, 2.75) is 12.5 Å². The smallest absolute Gasteiger partial charge is 0.328 e. The monoisotopic (exact) mass is 294 g/mol. The number of hydrogen-bond donors (Lipinski definition) is 1. The van der Waals surface area contributed by atoms with Crippen LogP contribution in [0.2, 0.25) is 0 Å². The number of carbonyl (C=O) groups excluding carboxylic acids is 1. The van der Waals surface area contributed by atoms with E-state index < -0.39 is 22.8 Å². The lowest BCUT2D eigenvalue weighted by Gasteiger charge is -2.32. The first-order valence-electron chi connectivity index (χ1n) is 6.33. The van der Waals surface area contributed by atoms with Crippen molar-refractivity contribution in [2.75, 3.05) is 19.8 Å². The van der Waals surface area contributed by atoms with Crippen molar-refractivity contribution in [3.05, 3.63) is 39.9 Å². The van der Waals surface area contributed by atoms with Crippen LogP contribution in [0.15, 0.2) is 24.3 Å². The van der Waals surface area contributed by atoms with Gasteiger partial charge in [-0.2, -0.15) is 0 Å². The van der Waals surface area contributed by atoms with E-state index in [2.05, 4.69) is 0 Å². The zero-order chi connectivity index (χ0) is 15.4. The highest BCUT2D eigenvalue weighted by molar-refractivity contribution is 5.85. The van der Waals surface area contributed by atoms with Gasteiger partial charge in [-0.3, -0.25) is 14.9 Å². The number of aliphatic carboxylic acids is 1. The van der Waals surface area contributed by atoms with Gasteiger partial charge in [-0.05, 0) is 0 Å². The summed E-state index contributed by atoms with van der Waals surface area (Å²) in [6.45, 7) is 0.348. The Morgan fingerprint density at radius 2 is 2.14 bits per heavy atom. The van der Waals surface area contributed by atoms with Crippen LogP contribution in [-0.4, -0.2) is 52.6 Å². The first kappa shape index (κ1) is 14.9. The summed E-state index contributed by atoms with van der Waals surface area (Å²) in [5, 5.41) is 20.0. The molecule has 21 heavy (non-hydrogen) atoms. The fraction of sp³-hybridized carbons (Fsp3) is 0.385. The highest BCUT2D eigenvalue weighted by Gasteiger charge is 2.33. The molecule has 0 aliphatic carbocycles. The topological polar surface area (TPSA) is 110 Å². The number of hydrogen-bond acceptors (Lipinski definition) is 5. The molecule has 1 aliphatic heterocycles. The predicted octanol–water partition coefficient (Wildman–Crippen LogP) is 0.449. The summed E-state index contributed by atoms with van der Waals surface area (Å²) in [4.78, 5) is 34.9. The Balaban J connectivity index is 2.17. The van der Waals surface area contributed by atoms with E-state index in [-0.39, 0.29) is 37.4 Å². The molecule has 112 valence electrons. The van der Waals surface area contributed by atoms with Crippen molar-refractivity contribution in [2.24, 2.45) is 0 Å². The molecule has 0 aromatic heterocycles. The third-order valence-corrected chi connectivity index (χ3v) is 3.26. The number of nitrogens with zero attached hydrogens (tertiary/aromatic N) is 2. The molecule has 1 unspecified atom stereocenters. The van der Waals surface area contributed by atoms with Crippen LogP contribution in [0.4, 0.5) is 5.69 Å². The largest absolute Gasteiger partial charge is 0.480 e. The summed E-state index contributed by atoms with van der Waals surface area (Å²) in [5.74, 6) is -1.61. The SMILES string of the molecule is O=C(O)C1COCCN1C(=O)Cc1ccccc1[N+](=O)[O-]. The molecule has 1 aromatic carbocycles. The summed E-state index contributed by atoms with van der Waals surface area (Å²) >= 11 is 0. The first-order chi connectivity index (χ1) is 10.0. The van der Waals surface area contributed by atoms with Crippen LogP contribution >= 0.6 is 0 Å². The Morgan fingerprint density at radius 1 is 1.43 bits per heavy atom. The average Bonchev–Trinajstić information content (AvgIpc) is 2.47. The number of para-hydroxylation sites is 1. The quantitative estimate of drug-likeness (QED) is 0.637. The van der Waals surface area contributed by atoms with Gasteiger partial charge in [0.2, 0.25) is 5.91 Å². The number of benzene rings is 1. The second kappa shape index (κ2) is 6.31. The number of amides is 1. The van der Waals surface area contributed by atoms with Crippen LogP contribution in [0.5, 0.6) is 0 Å². The number of rotatable bonds is 4. The molecule has 1 N–H and O–H groups in total. The van der Waals surface area contributed by atoms with Crippen molar-refractivity contribution in [3.63, 3.8) is 0 Å². The molecule has 0 radical (unpaired) electrons. The maximum atomic E-state index is 12.2. The molecule has 2 rings (SSSR count). The normalized spacial score (nSPS) is 18.3. The van der Waals surface area contributed by atoms with Crippen molar-refractivity contribution < 1.29 is 24.4 Å². The molecule has 1 aliphatic rings. The van der Waals surface area contributed by atoms with Crippen molar-refractivity contribution >= 4 is 17.6 Å². The average molecular weight is 294 g/mol. The Bertz CT molecular complexity index is 574. The van der Waals surface area contributed by atoms with Crippen LogP contribution in [-0.2, 0) is 20.7 Å². The fourth-order valence-corrected chi connectivity index (χ4v) is 2.21. The number of nitro groups is 1. The number of carboxylic acids is 1. The highest BCUT2D eigenvalue weighted by Crippen LogP contribution is 2.20. The second-order valence-corrected chi connectivity index (χ2v) is 4.58. The van der Waals surface area contributed by atoms with Crippen LogP contribution in [0.25, 0.3) is 0 Å². The molecule has 0 spiro atoms. The third-order valence-electron chi connectivity index (χ3n) is 3.26. The second-order valence-electron chi connectivity index (χ2n) is 4.58. The summed E-state index contributed by atoms with van der Waals surface area (Å²) < 4.78 is 5.05. The molecule has 1 aromatic rings. The van der Waals surface area contributed by atoms with Crippen molar-refractivity contribution in [3.8, 4) is 0 Å². The Morgan fingerprint density at radius 3 is 2.81 bits per heavy atom. The minimum absolute atomic E-state index is 0.0715. The molecule has 1 fully saturated rings. The first-order valence-corrected chi connectivity index (χ1v) is 6.33. The van der Waals surface area contributed by atoms with Crippen LogP contribution < -0.4 is 0 Å². The van der Waals surface area contributed by atoms with Gasteiger partial charge in [0, 0.05) is 18.2 Å². The Kier molecular flexibility index (Phi) is 4.49. The molecule has 8 nitrogen and oxygen atoms in total. The molecule has 1 heterocycles. The minimum Gasteiger partial charge on any atom is -0.480 e. The van der Waals surface area contributed by atoms with E-state index >= 15 is 0 Å². The standard InChI is InChI=1S/C13H14N2O6/c16-12(14-5-6-21-8-11(14)13(17)18)7-9-3-1-2-4-10(9)15(19)20/h1-4,11H,5-8H2,(H,17,18). The van der Waals surface area contributed by atoms with Crippen LogP contribution in [0, 0.1) is 10.1 Å². The molecule has 1 atom stereocenters. The van der Waals surface area contributed by atoms with Gasteiger partial charge in [0.15, 0.2) is 6.04 Å². The molecular weight excluding hydrogens is 280 g/mol. The highest BCUT2D eigenvalue weighted by atomic mass is 16.6. The molecule has 1 saturated heterocycles. The summed E-state index contributed by atoms with van der Waals surface area (Å²) in [5.41, 5.74) is 0.120. The Hall–Kier alpha value is -2.48. The number of nitro benzene ring substituents is 1. The van der Waals surface area contributed by atoms with E-state index in [4.69, 9.17) is 9.84 Å². The molecule has 0 saturated carbocycles. The van der Waals surface area contributed by atoms with E-state index in [9.17, 15) is 19.7 Å². The number of morpholine rings is 1. The lowest BCUT2D eigenvalue weighted by atomic mass is 10.1. The molecule has 1 amide bonds. The van der Waals surface area contributed by atoms with Crippen molar-refractivity contribution in [1.82, 2.24) is 4.90 Å². The van der Waals surface area contributed by atoms with Gasteiger partial charge < -0.3 is 14.7 Å². The van der Waals surface area contributed by atoms with E-state index in [1.807, 2.05) is 0 Å². The maximum absolute atomic E-state index is 12.2. The number of ether oxygens (including phenoxy) is 1. The van der Waals surface area contributed by atoms with Gasteiger partial charge >= 0.3 is 5.97 Å². The third kappa shape index (κ3) is 3.34. The summed E-state index contributed by atoms with van der Waals surface area (Å²) in [7, 11) is 0. The summed E-state index contributed by atoms with van der Waals surface area (Å²) in [6.07, 6.45) is -0.207. The van der Waals surface area contributed by atoms with Gasteiger partial charge in [0.1, 0.15) is 0 Å². The molecule has 8 heteroatoms. The van der Waals surface area contributed by atoms with Gasteiger partial charge in [-0.1, -0.05) is 18.2 Å². The Labute approximate surface area is 120 Å². The maximum Gasteiger partial charge on any atom is 0.328 e. The van der Waals surface area contributed by atoms with E-state index in [1.165, 1.54) is 23.1 Å². The van der Waals surface area contributed by atoms with E-state index in [1.54, 1.807) is 6.07 Å². The zero-order valence-electron chi connectivity index (χ0n) is 11.1. The van der Waals surface area contributed by atoms with Gasteiger partial charge in [-0.15, -0.1) is 0 Å². The molecule has 0 bridgehead atoms. The summed E-state index contributed by atoms with van der Waals surface area (Å²) in [6, 6.07) is 4.88.